The average molecular weight is 354 g/mol. The van der Waals surface area contributed by atoms with E-state index in [1.54, 1.807) is 11.3 Å². The molecule has 0 aliphatic carbocycles. The van der Waals surface area contributed by atoms with Crippen molar-refractivity contribution in [1.82, 2.24) is 10.3 Å². The highest BCUT2D eigenvalue weighted by Crippen LogP contribution is 2.23. The van der Waals surface area contributed by atoms with Gasteiger partial charge >= 0.3 is 0 Å². The number of thiophene rings is 1. The van der Waals surface area contributed by atoms with Crippen molar-refractivity contribution in [1.29, 1.82) is 0 Å². The lowest BCUT2D eigenvalue weighted by Crippen LogP contribution is -2.18. The Morgan fingerprint density at radius 1 is 1.30 bits per heavy atom. The van der Waals surface area contributed by atoms with Crippen molar-refractivity contribution < 1.29 is 0 Å². The molecule has 2 aromatic rings. The molecule has 0 aromatic carbocycles. The molecule has 2 aromatic heterocycles. The molecule has 0 spiro atoms. The monoisotopic (exact) mass is 353 g/mol. The van der Waals surface area contributed by atoms with Gasteiger partial charge in [0.2, 0.25) is 0 Å². The van der Waals surface area contributed by atoms with Gasteiger partial charge in [-0.1, -0.05) is 6.92 Å². The number of hydrogen-bond acceptors (Lipinski definition) is 4. The normalized spacial score (nSPS) is 10.8. The van der Waals surface area contributed by atoms with Gasteiger partial charge in [0.05, 0.1) is 3.79 Å². The molecule has 0 saturated carbocycles. The first-order valence-electron chi connectivity index (χ1n) is 6.71. The summed E-state index contributed by atoms with van der Waals surface area (Å²) in [5, 5.41) is 5.38. The molecule has 1 N–H and O–H groups in total. The SMILES string of the molecule is CCc1cc(CNC)cc(N(C)Cc2csc(Br)c2)n1. The summed E-state index contributed by atoms with van der Waals surface area (Å²) >= 11 is 5.23. The summed E-state index contributed by atoms with van der Waals surface area (Å²) in [5.74, 6) is 1.04. The predicted molar refractivity (Wildman–Crippen MR) is 90.5 cm³/mol. The Kier molecular flexibility index (Phi) is 5.57. The van der Waals surface area contributed by atoms with Gasteiger partial charge in [-0.15, -0.1) is 11.3 Å². The van der Waals surface area contributed by atoms with Crippen molar-refractivity contribution in [2.75, 3.05) is 19.0 Å². The number of rotatable bonds is 6. The van der Waals surface area contributed by atoms with Crippen LogP contribution in [0, 0.1) is 0 Å². The third kappa shape index (κ3) is 4.04. The van der Waals surface area contributed by atoms with E-state index in [4.69, 9.17) is 4.98 Å². The Morgan fingerprint density at radius 3 is 2.70 bits per heavy atom. The lowest BCUT2D eigenvalue weighted by Gasteiger charge is -2.19. The Balaban J connectivity index is 2.19. The number of anilines is 1. The maximum Gasteiger partial charge on any atom is 0.129 e. The molecule has 0 amide bonds. The van der Waals surface area contributed by atoms with Gasteiger partial charge in [0, 0.05) is 25.8 Å². The minimum Gasteiger partial charge on any atom is -0.355 e. The number of halogens is 1. The van der Waals surface area contributed by atoms with Gasteiger partial charge in [0.15, 0.2) is 0 Å². The molecule has 0 saturated heterocycles. The van der Waals surface area contributed by atoms with Crippen molar-refractivity contribution in [2.45, 2.75) is 26.4 Å². The highest BCUT2D eigenvalue weighted by Gasteiger charge is 2.08. The highest BCUT2D eigenvalue weighted by molar-refractivity contribution is 9.11. The zero-order valence-electron chi connectivity index (χ0n) is 12.1. The average Bonchev–Trinajstić information content (AvgIpc) is 2.84. The molecule has 0 unspecified atom stereocenters. The lowest BCUT2D eigenvalue weighted by molar-refractivity contribution is 0.805. The Hall–Kier alpha value is -0.910. The summed E-state index contributed by atoms with van der Waals surface area (Å²) in [6.45, 7) is 3.90. The lowest BCUT2D eigenvalue weighted by atomic mass is 10.2. The van der Waals surface area contributed by atoms with Gasteiger partial charge in [0.1, 0.15) is 5.82 Å². The molecule has 0 atom stereocenters. The van der Waals surface area contributed by atoms with E-state index in [1.165, 1.54) is 14.9 Å². The molecule has 0 aliphatic rings. The Bertz CT molecular complexity index is 568. The number of aryl methyl sites for hydroxylation is 1. The molecule has 3 nitrogen and oxygen atoms in total. The third-order valence-corrected chi connectivity index (χ3v) is 4.65. The van der Waals surface area contributed by atoms with E-state index in [2.05, 4.69) is 63.7 Å². The van der Waals surface area contributed by atoms with E-state index >= 15 is 0 Å². The van der Waals surface area contributed by atoms with Gasteiger partial charge in [-0.3, -0.25) is 0 Å². The van der Waals surface area contributed by atoms with Gasteiger partial charge in [-0.2, -0.15) is 0 Å². The van der Waals surface area contributed by atoms with Crippen LogP contribution in [0.5, 0.6) is 0 Å². The summed E-state index contributed by atoms with van der Waals surface area (Å²) in [5.41, 5.74) is 3.74. The second kappa shape index (κ2) is 7.20. The molecular weight excluding hydrogens is 334 g/mol. The van der Waals surface area contributed by atoms with Crippen LogP contribution in [0.1, 0.15) is 23.7 Å². The molecule has 20 heavy (non-hydrogen) atoms. The van der Waals surface area contributed by atoms with Gasteiger partial charge in [-0.25, -0.2) is 4.98 Å². The van der Waals surface area contributed by atoms with Gasteiger partial charge in [0.25, 0.3) is 0 Å². The standard InChI is InChI=1S/C15H20BrN3S/c1-4-13-5-11(8-17-2)7-15(18-13)19(3)9-12-6-14(16)20-10-12/h5-7,10,17H,4,8-9H2,1-3H3. The zero-order chi connectivity index (χ0) is 14.5. The number of nitrogens with zero attached hydrogens (tertiary/aromatic N) is 2. The fraction of sp³-hybridized carbons (Fsp3) is 0.400. The second-order valence-electron chi connectivity index (χ2n) is 4.82. The molecular formula is C15H20BrN3S. The molecule has 108 valence electrons. The fourth-order valence-corrected chi connectivity index (χ4v) is 3.30. The van der Waals surface area contributed by atoms with E-state index in [9.17, 15) is 0 Å². The predicted octanol–water partition coefficient (Wildman–Crippen LogP) is 3.82. The van der Waals surface area contributed by atoms with E-state index < -0.39 is 0 Å². The quantitative estimate of drug-likeness (QED) is 0.855. The largest absolute Gasteiger partial charge is 0.355 e. The van der Waals surface area contributed by atoms with Crippen molar-refractivity contribution in [3.8, 4) is 0 Å². The first kappa shape index (κ1) is 15.5. The zero-order valence-corrected chi connectivity index (χ0v) is 14.5. The molecule has 0 aliphatic heterocycles. The van der Waals surface area contributed by atoms with E-state index in [0.717, 1.165) is 31.0 Å². The molecule has 5 heteroatoms. The van der Waals surface area contributed by atoms with Crippen molar-refractivity contribution in [3.63, 3.8) is 0 Å². The molecule has 0 radical (unpaired) electrons. The van der Waals surface area contributed by atoms with Crippen molar-refractivity contribution in [3.05, 3.63) is 44.2 Å². The minimum atomic E-state index is 0.875. The van der Waals surface area contributed by atoms with Crippen molar-refractivity contribution >= 4 is 33.1 Å². The second-order valence-corrected chi connectivity index (χ2v) is 7.11. The smallest absolute Gasteiger partial charge is 0.129 e. The maximum atomic E-state index is 4.73. The number of aromatic nitrogens is 1. The summed E-state index contributed by atoms with van der Waals surface area (Å²) in [6, 6.07) is 6.51. The maximum absolute atomic E-state index is 4.73. The summed E-state index contributed by atoms with van der Waals surface area (Å²) in [6.07, 6.45) is 0.961. The van der Waals surface area contributed by atoms with Crippen LogP contribution in [0.25, 0.3) is 0 Å². The summed E-state index contributed by atoms with van der Waals surface area (Å²) in [7, 11) is 4.06. The Morgan fingerprint density at radius 2 is 2.10 bits per heavy atom. The van der Waals surface area contributed by atoms with Gasteiger partial charge in [-0.05, 0) is 64.1 Å². The van der Waals surface area contributed by atoms with Crippen LogP contribution in [-0.4, -0.2) is 19.1 Å². The van der Waals surface area contributed by atoms with Crippen LogP contribution in [0.4, 0.5) is 5.82 Å². The minimum absolute atomic E-state index is 0.875. The summed E-state index contributed by atoms with van der Waals surface area (Å²) in [4.78, 5) is 6.93. The van der Waals surface area contributed by atoms with Crippen molar-refractivity contribution in [2.24, 2.45) is 0 Å². The number of pyridine rings is 1. The van der Waals surface area contributed by atoms with E-state index in [0.29, 0.717) is 0 Å². The van der Waals surface area contributed by atoms with Crippen LogP contribution < -0.4 is 10.2 Å². The molecule has 0 fully saturated rings. The first-order chi connectivity index (χ1) is 9.62. The number of hydrogen-bond donors (Lipinski definition) is 1. The first-order valence-corrected chi connectivity index (χ1v) is 8.38. The van der Waals surface area contributed by atoms with E-state index in [1.807, 2.05) is 7.05 Å². The molecule has 2 rings (SSSR count). The summed E-state index contributed by atoms with van der Waals surface area (Å²) < 4.78 is 1.17. The van der Waals surface area contributed by atoms with Crippen LogP contribution >= 0.6 is 27.3 Å². The molecule has 2 heterocycles. The highest BCUT2D eigenvalue weighted by atomic mass is 79.9. The van der Waals surface area contributed by atoms with Crippen LogP contribution in [0.3, 0.4) is 0 Å². The topological polar surface area (TPSA) is 28.2 Å². The van der Waals surface area contributed by atoms with Crippen LogP contribution in [-0.2, 0) is 19.5 Å². The van der Waals surface area contributed by atoms with Gasteiger partial charge < -0.3 is 10.2 Å². The van der Waals surface area contributed by atoms with E-state index in [-0.39, 0.29) is 0 Å². The van der Waals surface area contributed by atoms with Crippen LogP contribution in [0.2, 0.25) is 0 Å². The Labute approximate surface area is 133 Å². The van der Waals surface area contributed by atoms with Crippen LogP contribution in [0.15, 0.2) is 27.4 Å². The molecule has 0 bridgehead atoms. The number of nitrogens with one attached hydrogen (secondary N) is 1. The third-order valence-electron chi connectivity index (χ3n) is 3.10. The fourth-order valence-electron chi connectivity index (χ4n) is 2.10.